The van der Waals surface area contributed by atoms with E-state index in [2.05, 4.69) is 5.32 Å². The fourth-order valence-electron chi connectivity index (χ4n) is 6.47. The van der Waals surface area contributed by atoms with Gasteiger partial charge < -0.3 is 10.2 Å². The Kier molecular flexibility index (Phi) is 6.13. The Morgan fingerprint density at radius 3 is 2.34 bits per heavy atom. The van der Waals surface area contributed by atoms with Crippen LogP contribution in [0, 0.1) is 17.8 Å². The smallest absolute Gasteiger partial charge is 0.324 e. The first-order valence-corrected chi connectivity index (χ1v) is 12.6. The third-order valence-corrected chi connectivity index (χ3v) is 8.25. The van der Waals surface area contributed by atoms with Gasteiger partial charge in [-0.1, -0.05) is 69.4 Å². The molecule has 3 N–H and O–H groups in total. The number of hydrogen-bond acceptors (Lipinski definition) is 5. The van der Waals surface area contributed by atoms with Gasteiger partial charge in [0.15, 0.2) is 0 Å². The lowest BCUT2D eigenvalue weighted by atomic mass is 9.72. The number of anilines is 1. The molecule has 2 amide bonds. The van der Waals surface area contributed by atoms with Crippen LogP contribution in [0.1, 0.15) is 62.6 Å². The summed E-state index contributed by atoms with van der Waals surface area (Å²) < 4.78 is 0. The Labute approximate surface area is 205 Å². The van der Waals surface area contributed by atoms with Gasteiger partial charge in [0.05, 0.1) is 17.5 Å². The van der Waals surface area contributed by atoms with Crippen LogP contribution >= 0.6 is 0 Å². The second-order valence-electron chi connectivity index (χ2n) is 10.2. The number of nitrogens with zero attached hydrogens (tertiary/aromatic N) is 1. The number of hydrogen-bond donors (Lipinski definition) is 3. The van der Waals surface area contributed by atoms with Crippen LogP contribution in [0.25, 0.3) is 0 Å². The molecule has 4 atom stereocenters. The van der Waals surface area contributed by atoms with Crippen molar-refractivity contribution in [3.8, 4) is 5.75 Å². The van der Waals surface area contributed by atoms with Gasteiger partial charge in [-0.25, -0.2) is 4.90 Å². The van der Waals surface area contributed by atoms with Crippen LogP contribution in [0.3, 0.4) is 0 Å². The van der Waals surface area contributed by atoms with Crippen molar-refractivity contribution >= 4 is 23.5 Å². The van der Waals surface area contributed by atoms with Crippen molar-refractivity contribution in [2.45, 2.75) is 63.5 Å². The van der Waals surface area contributed by atoms with E-state index in [4.69, 9.17) is 0 Å². The van der Waals surface area contributed by atoms with Crippen molar-refractivity contribution < 1.29 is 24.6 Å². The lowest BCUT2D eigenvalue weighted by Gasteiger charge is -2.35. The summed E-state index contributed by atoms with van der Waals surface area (Å²) in [7, 11) is 0. The molecule has 0 spiro atoms. The van der Waals surface area contributed by atoms with E-state index in [-0.39, 0.29) is 18.1 Å². The Hall–Kier alpha value is -3.19. The van der Waals surface area contributed by atoms with Crippen LogP contribution in [-0.4, -0.2) is 33.5 Å². The van der Waals surface area contributed by atoms with E-state index in [1.807, 2.05) is 19.1 Å². The SMILES string of the molecule is CCc1ccc(N2C(=O)C3C(c4ccccc4O)NC(CC4CCCCC4)(C(=O)O)C3C2=O)cc1. The maximum absolute atomic E-state index is 13.9. The first-order valence-electron chi connectivity index (χ1n) is 12.6. The number of nitrogens with one attached hydrogen (secondary N) is 1. The molecule has 0 bridgehead atoms. The molecule has 184 valence electrons. The molecule has 2 heterocycles. The zero-order valence-electron chi connectivity index (χ0n) is 19.9. The number of phenols is 1. The third-order valence-electron chi connectivity index (χ3n) is 8.25. The minimum atomic E-state index is -1.58. The van der Waals surface area contributed by atoms with E-state index in [0.29, 0.717) is 11.3 Å². The highest BCUT2D eigenvalue weighted by Gasteiger charge is 2.69. The van der Waals surface area contributed by atoms with Gasteiger partial charge in [-0.05, 0) is 42.5 Å². The third kappa shape index (κ3) is 3.82. The topological polar surface area (TPSA) is 107 Å². The minimum Gasteiger partial charge on any atom is -0.508 e. The molecule has 35 heavy (non-hydrogen) atoms. The summed E-state index contributed by atoms with van der Waals surface area (Å²) >= 11 is 0. The molecule has 0 aromatic heterocycles. The highest BCUT2D eigenvalue weighted by atomic mass is 16.4. The second-order valence-corrected chi connectivity index (χ2v) is 10.2. The number of aliphatic carboxylic acids is 1. The number of phenolic OH excluding ortho intramolecular Hbond substituents is 1. The van der Waals surface area contributed by atoms with Crippen LogP contribution in [-0.2, 0) is 20.8 Å². The standard InChI is InChI=1S/C28H32N2O5/c1-2-17-12-14-19(15-13-17)30-25(32)22-23(26(30)33)28(27(34)35,16-18-8-4-3-5-9-18)29-24(22)20-10-6-7-11-21(20)31/h6-7,10-15,18,22-24,29,31H,2-5,8-9,16H2,1H3,(H,34,35). The van der Waals surface area contributed by atoms with E-state index in [0.717, 1.165) is 44.1 Å². The predicted molar refractivity (Wildman–Crippen MR) is 131 cm³/mol. The Balaban J connectivity index is 1.61. The summed E-state index contributed by atoms with van der Waals surface area (Å²) in [5.41, 5.74) is 0.405. The normalized spacial score (nSPS) is 28.9. The van der Waals surface area contributed by atoms with Crippen LogP contribution in [0.2, 0.25) is 0 Å². The van der Waals surface area contributed by atoms with E-state index in [1.165, 1.54) is 11.0 Å². The molecule has 1 saturated carbocycles. The number of carbonyl (C=O) groups is 3. The fourth-order valence-corrected chi connectivity index (χ4v) is 6.47. The summed E-state index contributed by atoms with van der Waals surface area (Å²) in [4.78, 5) is 41.9. The average Bonchev–Trinajstić information content (AvgIpc) is 3.34. The molecule has 1 aliphatic carbocycles. The number of carboxylic acid groups (broad SMARTS) is 1. The van der Waals surface area contributed by atoms with Gasteiger partial charge in [0, 0.05) is 11.6 Å². The summed E-state index contributed by atoms with van der Waals surface area (Å²) in [6.07, 6.45) is 6.17. The molecular weight excluding hydrogens is 444 g/mol. The van der Waals surface area contributed by atoms with Gasteiger partial charge in [-0.3, -0.25) is 19.7 Å². The number of imide groups is 1. The number of fused-ring (bicyclic) bond motifs is 1. The zero-order chi connectivity index (χ0) is 24.7. The van der Waals surface area contributed by atoms with Crippen LogP contribution in [0.4, 0.5) is 5.69 Å². The van der Waals surface area contributed by atoms with Crippen molar-refractivity contribution in [1.82, 2.24) is 5.32 Å². The van der Waals surface area contributed by atoms with Gasteiger partial charge in [-0.2, -0.15) is 0 Å². The summed E-state index contributed by atoms with van der Waals surface area (Å²) in [6.45, 7) is 2.03. The molecule has 0 radical (unpaired) electrons. The molecule has 7 nitrogen and oxygen atoms in total. The maximum atomic E-state index is 13.9. The van der Waals surface area contributed by atoms with Gasteiger partial charge in [-0.15, -0.1) is 0 Å². The first-order chi connectivity index (χ1) is 16.9. The molecule has 3 aliphatic rings. The lowest BCUT2D eigenvalue weighted by Crippen LogP contribution is -2.57. The van der Waals surface area contributed by atoms with Crippen molar-refractivity contribution in [1.29, 1.82) is 0 Å². The van der Waals surface area contributed by atoms with Crippen molar-refractivity contribution in [2.75, 3.05) is 4.90 Å². The quantitative estimate of drug-likeness (QED) is 0.540. The van der Waals surface area contributed by atoms with Gasteiger partial charge in [0.25, 0.3) is 0 Å². The van der Waals surface area contributed by atoms with E-state index < -0.39 is 41.2 Å². The van der Waals surface area contributed by atoms with Gasteiger partial charge >= 0.3 is 5.97 Å². The van der Waals surface area contributed by atoms with Crippen LogP contribution in [0.5, 0.6) is 5.75 Å². The number of carbonyl (C=O) groups excluding carboxylic acids is 2. The number of amides is 2. The molecular formula is C28H32N2O5. The highest BCUT2D eigenvalue weighted by Crippen LogP contribution is 2.53. The molecule has 2 aromatic carbocycles. The molecule has 2 aliphatic heterocycles. The first kappa shape index (κ1) is 23.5. The number of benzene rings is 2. The van der Waals surface area contributed by atoms with E-state index in [1.54, 1.807) is 30.3 Å². The summed E-state index contributed by atoms with van der Waals surface area (Å²) in [5.74, 6) is -3.83. The number of aryl methyl sites for hydroxylation is 1. The number of carboxylic acids is 1. The van der Waals surface area contributed by atoms with Crippen molar-refractivity contribution in [3.05, 3.63) is 59.7 Å². The Morgan fingerprint density at radius 1 is 1.03 bits per heavy atom. The molecule has 3 fully saturated rings. The van der Waals surface area contributed by atoms with Crippen molar-refractivity contribution in [3.63, 3.8) is 0 Å². The average molecular weight is 477 g/mol. The van der Waals surface area contributed by atoms with Crippen LogP contribution < -0.4 is 10.2 Å². The van der Waals surface area contributed by atoms with Gasteiger partial charge in [0.1, 0.15) is 11.3 Å². The number of rotatable bonds is 6. The number of para-hydroxylation sites is 1. The molecule has 2 aromatic rings. The fraction of sp³-hybridized carbons (Fsp3) is 0.464. The highest BCUT2D eigenvalue weighted by molar-refractivity contribution is 6.24. The lowest BCUT2D eigenvalue weighted by molar-refractivity contribution is -0.150. The molecule has 7 heteroatoms. The van der Waals surface area contributed by atoms with E-state index in [9.17, 15) is 24.6 Å². The summed E-state index contributed by atoms with van der Waals surface area (Å²) in [6, 6.07) is 13.1. The maximum Gasteiger partial charge on any atom is 0.324 e. The zero-order valence-corrected chi connectivity index (χ0v) is 19.9. The number of aromatic hydroxyl groups is 1. The largest absolute Gasteiger partial charge is 0.508 e. The van der Waals surface area contributed by atoms with Gasteiger partial charge in [0.2, 0.25) is 11.8 Å². The van der Waals surface area contributed by atoms with Crippen LogP contribution in [0.15, 0.2) is 48.5 Å². The van der Waals surface area contributed by atoms with Crippen molar-refractivity contribution in [2.24, 2.45) is 17.8 Å². The molecule has 4 unspecified atom stereocenters. The minimum absolute atomic E-state index is 0.0198. The summed E-state index contributed by atoms with van der Waals surface area (Å²) in [5, 5.41) is 24.4. The predicted octanol–water partition coefficient (Wildman–Crippen LogP) is 4.20. The Morgan fingerprint density at radius 2 is 1.71 bits per heavy atom. The molecule has 5 rings (SSSR count). The monoisotopic (exact) mass is 476 g/mol. The van der Waals surface area contributed by atoms with E-state index >= 15 is 0 Å². The second kappa shape index (κ2) is 9.11. The Bertz CT molecular complexity index is 1140. The molecule has 2 saturated heterocycles.